The second-order valence-electron chi connectivity index (χ2n) is 2.89. The molecule has 0 aliphatic rings. The minimum atomic E-state index is -0.193. The third-order valence-corrected chi connectivity index (χ3v) is 1.43. The van der Waals surface area contributed by atoms with Crippen LogP contribution in [0.1, 0.15) is 0 Å². The highest BCUT2D eigenvalue weighted by molar-refractivity contribution is 6.86. The van der Waals surface area contributed by atoms with E-state index in [0.717, 1.165) is 0 Å². The van der Waals surface area contributed by atoms with Crippen molar-refractivity contribution in [2.75, 3.05) is 0 Å². The molecule has 0 saturated heterocycles. The molecule has 0 spiro atoms. The summed E-state index contributed by atoms with van der Waals surface area (Å²) in [5.74, 6) is 0.414. The van der Waals surface area contributed by atoms with E-state index in [1.54, 1.807) is 12.1 Å². The van der Waals surface area contributed by atoms with Crippen molar-refractivity contribution in [2.45, 2.75) is 13.6 Å². The molecule has 2 nitrogen and oxygen atoms in total. The summed E-state index contributed by atoms with van der Waals surface area (Å²) in [7, 11) is 0. The number of carbonyl (C=O) groups excluding carboxylic acids is 1. The van der Waals surface area contributed by atoms with E-state index < -0.39 is 0 Å². The maximum Gasteiger partial charge on any atom is 0.272 e. The Kier molecular flexibility index (Phi) is 2.91. The maximum atomic E-state index is 11.1. The second-order valence-corrected chi connectivity index (χ2v) is 2.89. The van der Waals surface area contributed by atoms with Gasteiger partial charge in [0.1, 0.15) is 5.75 Å². The zero-order valence-electron chi connectivity index (χ0n) is 7.28. The Labute approximate surface area is 72.6 Å². The molecule has 0 heterocycles. The number of benzene rings is 1. The summed E-state index contributed by atoms with van der Waals surface area (Å²) in [5, 5.41) is 0. The van der Waals surface area contributed by atoms with Gasteiger partial charge in [-0.1, -0.05) is 31.8 Å². The molecule has 1 aromatic rings. The largest absolute Gasteiger partial charge is 0.435 e. The first-order chi connectivity index (χ1) is 5.70. The zero-order valence-corrected chi connectivity index (χ0v) is 7.28. The molecule has 3 heteroatoms. The van der Waals surface area contributed by atoms with E-state index in [9.17, 15) is 4.79 Å². The lowest BCUT2D eigenvalue weighted by Gasteiger charge is -2.03. The molecule has 0 aliphatic heterocycles. The van der Waals surface area contributed by atoms with E-state index in [1.807, 2.05) is 31.8 Å². The Morgan fingerprint density at radius 1 is 1.25 bits per heavy atom. The van der Waals surface area contributed by atoms with Gasteiger partial charge < -0.3 is 4.74 Å². The van der Waals surface area contributed by atoms with Gasteiger partial charge in [0.2, 0.25) is 0 Å². The lowest BCUT2D eigenvalue weighted by atomic mass is 9.55. The molecule has 0 atom stereocenters. The Morgan fingerprint density at radius 2 is 1.83 bits per heavy atom. The lowest BCUT2D eigenvalue weighted by Crippen LogP contribution is -2.21. The van der Waals surface area contributed by atoms with Crippen molar-refractivity contribution < 1.29 is 9.53 Å². The average Bonchev–Trinajstić information content (AvgIpc) is 2.06. The Balaban J connectivity index is 2.59. The van der Waals surface area contributed by atoms with Crippen LogP contribution in [0.15, 0.2) is 30.3 Å². The molecule has 0 unspecified atom stereocenters. The molecule has 1 aromatic carbocycles. The fourth-order valence-electron chi connectivity index (χ4n) is 0.723. The van der Waals surface area contributed by atoms with Crippen LogP contribution in [-0.4, -0.2) is 12.6 Å². The fourth-order valence-corrected chi connectivity index (χ4v) is 0.723. The van der Waals surface area contributed by atoms with E-state index in [2.05, 4.69) is 0 Å². The number of rotatable bonds is 2. The number of carbonyl (C=O) groups is 1. The van der Waals surface area contributed by atoms with Gasteiger partial charge in [-0.2, -0.15) is 0 Å². The highest BCUT2D eigenvalue weighted by Gasteiger charge is 2.12. The topological polar surface area (TPSA) is 26.3 Å². The summed E-state index contributed by atoms with van der Waals surface area (Å²) in [6.45, 7) is 3.54. The second kappa shape index (κ2) is 3.95. The minimum absolute atomic E-state index is 0.0785. The van der Waals surface area contributed by atoms with Crippen LogP contribution < -0.4 is 4.74 Å². The van der Waals surface area contributed by atoms with Gasteiger partial charge in [0.25, 0.3) is 12.6 Å². The molecule has 0 saturated carbocycles. The normalized spacial score (nSPS) is 9.17. The first-order valence-electron chi connectivity index (χ1n) is 3.97. The summed E-state index contributed by atoms with van der Waals surface area (Å²) in [6, 6.07) is 9.08. The summed E-state index contributed by atoms with van der Waals surface area (Å²) in [5.41, 5.74) is 0. The van der Waals surface area contributed by atoms with Crippen molar-refractivity contribution in [1.29, 1.82) is 0 Å². The maximum absolute atomic E-state index is 11.1. The minimum Gasteiger partial charge on any atom is -0.435 e. The predicted molar refractivity (Wildman–Crippen MR) is 49.9 cm³/mol. The smallest absolute Gasteiger partial charge is 0.272 e. The van der Waals surface area contributed by atoms with Crippen LogP contribution in [0.25, 0.3) is 0 Å². The molecule has 0 fully saturated rings. The van der Waals surface area contributed by atoms with Crippen molar-refractivity contribution in [3.63, 3.8) is 0 Å². The van der Waals surface area contributed by atoms with Crippen LogP contribution in [0.4, 0.5) is 4.79 Å². The van der Waals surface area contributed by atoms with Gasteiger partial charge in [-0.25, -0.2) is 0 Å². The summed E-state index contributed by atoms with van der Waals surface area (Å²) in [6.07, 6.45) is 0. The Hall–Kier alpha value is -1.25. The first kappa shape index (κ1) is 8.85. The standard InChI is InChI=1S/C9H11BO2/c1-10(2)9(11)12-8-6-4-3-5-7-8/h3-7H,1-2H3. The van der Waals surface area contributed by atoms with Gasteiger partial charge in [-0.05, 0) is 12.1 Å². The lowest BCUT2D eigenvalue weighted by molar-refractivity contribution is 0.224. The molecular weight excluding hydrogens is 151 g/mol. The van der Waals surface area contributed by atoms with Gasteiger partial charge in [0, 0.05) is 0 Å². The predicted octanol–water partition coefficient (Wildman–Crippen LogP) is 2.52. The van der Waals surface area contributed by atoms with E-state index in [-0.39, 0.29) is 12.6 Å². The zero-order chi connectivity index (χ0) is 8.97. The quantitative estimate of drug-likeness (QED) is 0.624. The fraction of sp³-hybridized carbons (Fsp3) is 0.222. The molecule has 0 N–H and O–H groups in total. The molecular formula is C9H11BO2. The number of hydrogen-bond donors (Lipinski definition) is 0. The molecule has 0 aromatic heterocycles. The van der Waals surface area contributed by atoms with Crippen molar-refractivity contribution in [2.24, 2.45) is 0 Å². The third-order valence-electron chi connectivity index (χ3n) is 1.43. The molecule has 0 aliphatic carbocycles. The molecule has 12 heavy (non-hydrogen) atoms. The van der Waals surface area contributed by atoms with Crippen LogP contribution in [0, 0.1) is 0 Å². The van der Waals surface area contributed by atoms with Crippen molar-refractivity contribution in [3.05, 3.63) is 30.3 Å². The molecule has 0 bridgehead atoms. The van der Waals surface area contributed by atoms with Gasteiger partial charge in [-0.3, -0.25) is 4.79 Å². The summed E-state index contributed by atoms with van der Waals surface area (Å²) >= 11 is 0. The van der Waals surface area contributed by atoms with Crippen LogP contribution in [0.5, 0.6) is 5.75 Å². The Morgan fingerprint density at radius 3 is 2.33 bits per heavy atom. The Bertz CT molecular complexity index is 256. The van der Waals surface area contributed by atoms with Crippen LogP contribution in [-0.2, 0) is 0 Å². The van der Waals surface area contributed by atoms with E-state index >= 15 is 0 Å². The molecule has 1 rings (SSSR count). The van der Waals surface area contributed by atoms with Crippen molar-refractivity contribution in [3.8, 4) is 5.75 Å². The summed E-state index contributed by atoms with van der Waals surface area (Å²) in [4.78, 5) is 11.1. The average molecular weight is 162 g/mol. The van der Waals surface area contributed by atoms with Crippen LogP contribution in [0.2, 0.25) is 13.6 Å². The monoisotopic (exact) mass is 162 g/mol. The highest BCUT2D eigenvalue weighted by Crippen LogP contribution is 2.09. The van der Waals surface area contributed by atoms with Gasteiger partial charge in [-0.15, -0.1) is 0 Å². The number of ether oxygens (including phenoxy) is 1. The van der Waals surface area contributed by atoms with Gasteiger partial charge >= 0.3 is 0 Å². The molecule has 0 amide bonds. The number of hydrogen-bond acceptors (Lipinski definition) is 2. The third kappa shape index (κ3) is 2.42. The van der Waals surface area contributed by atoms with Gasteiger partial charge in [0.15, 0.2) is 0 Å². The van der Waals surface area contributed by atoms with Crippen LogP contribution in [0.3, 0.4) is 0 Å². The highest BCUT2D eigenvalue weighted by atomic mass is 16.5. The number of para-hydroxylation sites is 1. The first-order valence-corrected chi connectivity index (χ1v) is 3.97. The molecule has 0 radical (unpaired) electrons. The van der Waals surface area contributed by atoms with E-state index in [4.69, 9.17) is 4.74 Å². The van der Waals surface area contributed by atoms with Gasteiger partial charge in [0.05, 0.1) is 0 Å². The molecule has 62 valence electrons. The SMILES string of the molecule is CB(C)C(=O)Oc1ccccc1. The summed E-state index contributed by atoms with van der Waals surface area (Å²) < 4.78 is 5.04. The van der Waals surface area contributed by atoms with E-state index in [0.29, 0.717) is 5.75 Å². The van der Waals surface area contributed by atoms with E-state index in [1.165, 1.54) is 0 Å². The van der Waals surface area contributed by atoms with Crippen molar-refractivity contribution >= 4 is 12.6 Å². The van der Waals surface area contributed by atoms with Crippen molar-refractivity contribution in [1.82, 2.24) is 0 Å². The van der Waals surface area contributed by atoms with Crippen LogP contribution >= 0.6 is 0 Å².